The van der Waals surface area contributed by atoms with E-state index in [1.54, 1.807) is 6.92 Å². The monoisotopic (exact) mass is 342 g/mol. The number of ether oxygens (including phenoxy) is 1. The number of esters is 1. The zero-order valence-corrected chi connectivity index (χ0v) is 14.3. The Labute approximate surface area is 146 Å². The molecular formula is C18H22N4O3. The summed E-state index contributed by atoms with van der Waals surface area (Å²) >= 11 is 0. The first kappa shape index (κ1) is 17.2. The molecule has 0 saturated carbocycles. The first-order valence-electron chi connectivity index (χ1n) is 8.32. The molecule has 1 aromatic heterocycles. The van der Waals surface area contributed by atoms with Crippen LogP contribution in [0.1, 0.15) is 40.3 Å². The predicted molar refractivity (Wildman–Crippen MR) is 91.8 cm³/mol. The highest BCUT2D eigenvalue weighted by Gasteiger charge is 2.30. The number of hydrogen-bond acceptors (Lipinski definition) is 5. The van der Waals surface area contributed by atoms with Crippen LogP contribution in [0.4, 0.5) is 0 Å². The van der Waals surface area contributed by atoms with Crippen LogP contribution in [0, 0.1) is 5.92 Å². The number of nitrogens with one attached hydrogen (secondary N) is 3. The van der Waals surface area contributed by atoms with Crippen molar-refractivity contribution in [3.05, 3.63) is 52.8 Å². The van der Waals surface area contributed by atoms with Crippen molar-refractivity contribution in [3.63, 3.8) is 0 Å². The van der Waals surface area contributed by atoms with Gasteiger partial charge in [0.05, 0.1) is 19.1 Å². The number of nitrogens with zero attached hydrogens (tertiary/aromatic N) is 1. The average molecular weight is 342 g/mol. The van der Waals surface area contributed by atoms with Crippen LogP contribution in [0.2, 0.25) is 0 Å². The fourth-order valence-electron chi connectivity index (χ4n) is 3.10. The van der Waals surface area contributed by atoms with E-state index < -0.39 is 12.0 Å². The number of rotatable bonds is 5. The molecule has 132 valence electrons. The van der Waals surface area contributed by atoms with Crippen molar-refractivity contribution in [1.29, 1.82) is 0 Å². The number of amides is 1. The van der Waals surface area contributed by atoms with Gasteiger partial charge >= 0.3 is 5.97 Å². The maximum atomic E-state index is 12.8. The molecule has 3 rings (SSSR count). The molecule has 0 spiro atoms. The summed E-state index contributed by atoms with van der Waals surface area (Å²) in [5.74, 6) is -1.20. The number of benzene rings is 1. The number of methoxy groups -OCH3 is 1. The molecule has 0 radical (unpaired) electrons. The van der Waals surface area contributed by atoms with Crippen molar-refractivity contribution in [2.75, 3.05) is 13.7 Å². The quantitative estimate of drug-likeness (QED) is 0.713. The Bertz CT molecular complexity index is 757. The van der Waals surface area contributed by atoms with Crippen molar-refractivity contribution in [3.8, 4) is 0 Å². The van der Waals surface area contributed by atoms with E-state index in [1.807, 2.05) is 30.3 Å². The molecule has 0 fully saturated rings. The van der Waals surface area contributed by atoms with Gasteiger partial charge in [0.15, 0.2) is 5.69 Å². The van der Waals surface area contributed by atoms with E-state index in [4.69, 9.17) is 4.74 Å². The van der Waals surface area contributed by atoms with Gasteiger partial charge in [-0.25, -0.2) is 0 Å². The van der Waals surface area contributed by atoms with E-state index in [-0.39, 0.29) is 11.9 Å². The number of carbonyl (C=O) groups excluding carboxylic acids is 2. The minimum absolute atomic E-state index is 0.300. The van der Waals surface area contributed by atoms with Crippen molar-refractivity contribution >= 4 is 11.9 Å². The van der Waals surface area contributed by atoms with Crippen LogP contribution in [0.15, 0.2) is 30.3 Å². The number of aromatic amines is 1. The minimum atomic E-state index is -0.524. The third-order valence-electron chi connectivity index (χ3n) is 4.54. The second kappa shape index (κ2) is 7.48. The van der Waals surface area contributed by atoms with Gasteiger partial charge in [-0.1, -0.05) is 30.3 Å². The lowest BCUT2D eigenvalue weighted by atomic mass is 9.94. The second-order valence-corrected chi connectivity index (χ2v) is 6.13. The largest absolute Gasteiger partial charge is 0.469 e. The van der Waals surface area contributed by atoms with Crippen molar-refractivity contribution in [1.82, 2.24) is 20.8 Å². The average Bonchev–Trinajstić information content (AvgIpc) is 3.09. The second-order valence-electron chi connectivity index (χ2n) is 6.13. The van der Waals surface area contributed by atoms with Gasteiger partial charge in [0.25, 0.3) is 5.91 Å². The van der Waals surface area contributed by atoms with Gasteiger partial charge in [0.1, 0.15) is 0 Å². The Morgan fingerprint density at radius 2 is 2.04 bits per heavy atom. The molecule has 2 atom stereocenters. The Morgan fingerprint density at radius 1 is 1.28 bits per heavy atom. The Morgan fingerprint density at radius 3 is 2.76 bits per heavy atom. The topological polar surface area (TPSA) is 96.1 Å². The summed E-state index contributed by atoms with van der Waals surface area (Å²) in [5, 5.41) is 13.3. The molecular weight excluding hydrogens is 320 g/mol. The third-order valence-corrected chi connectivity index (χ3v) is 4.54. The summed E-state index contributed by atoms with van der Waals surface area (Å²) in [6.45, 7) is 3.21. The Balaban J connectivity index is 1.86. The first-order valence-corrected chi connectivity index (χ1v) is 8.32. The van der Waals surface area contributed by atoms with Crippen LogP contribution in [0.5, 0.6) is 0 Å². The molecule has 2 unspecified atom stereocenters. The van der Waals surface area contributed by atoms with Crippen LogP contribution in [0.3, 0.4) is 0 Å². The van der Waals surface area contributed by atoms with E-state index in [2.05, 4.69) is 20.8 Å². The van der Waals surface area contributed by atoms with Gasteiger partial charge in [-0.2, -0.15) is 5.10 Å². The van der Waals surface area contributed by atoms with E-state index in [1.165, 1.54) is 7.11 Å². The van der Waals surface area contributed by atoms with E-state index in [9.17, 15) is 9.59 Å². The number of hydrogen-bond donors (Lipinski definition) is 3. The summed E-state index contributed by atoms with van der Waals surface area (Å²) in [4.78, 5) is 24.8. The normalized spacial score (nSPS) is 15.8. The zero-order chi connectivity index (χ0) is 17.8. The smallest absolute Gasteiger partial charge is 0.310 e. The van der Waals surface area contributed by atoms with Crippen molar-refractivity contribution in [2.24, 2.45) is 5.92 Å². The summed E-state index contributed by atoms with van der Waals surface area (Å²) in [6.07, 6.45) is 0.816. The molecule has 7 nitrogen and oxygen atoms in total. The molecule has 25 heavy (non-hydrogen) atoms. The highest BCUT2D eigenvalue weighted by atomic mass is 16.5. The lowest BCUT2D eigenvalue weighted by Gasteiger charge is -2.24. The molecule has 1 aliphatic rings. The molecule has 0 bridgehead atoms. The fourth-order valence-corrected chi connectivity index (χ4v) is 3.10. The van der Waals surface area contributed by atoms with Gasteiger partial charge < -0.3 is 15.4 Å². The summed E-state index contributed by atoms with van der Waals surface area (Å²) in [7, 11) is 1.35. The Kier molecular flexibility index (Phi) is 5.14. The maximum absolute atomic E-state index is 12.8. The summed E-state index contributed by atoms with van der Waals surface area (Å²) < 4.78 is 4.86. The van der Waals surface area contributed by atoms with Gasteiger partial charge in [0.2, 0.25) is 0 Å². The summed E-state index contributed by atoms with van der Waals surface area (Å²) in [6, 6.07) is 8.90. The zero-order valence-electron chi connectivity index (χ0n) is 14.3. The number of fused-ring (bicyclic) bond motifs is 1. The lowest BCUT2D eigenvalue weighted by molar-refractivity contribution is -0.145. The number of carbonyl (C=O) groups is 2. The van der Waals surface area contributed by atoms with Gasteiger partial charge in [0, 0.05) is 30.8 Å². The molecule has 0 saturated heterocycles. The molecule has 7 heteroatoms. The lowest BCUT2D eigenvalue weighted by Crippen LogP contribution is -2.37. The third kappa shape index (κ3) is 3.56. The molecule has 1 aromatic carbocycles. The molecule has 2 heterocycles. The maximum Gasteiger partial charge on any atom is 0.310 e. The molecule has 2 aromatic rings. The van der Waals surface area contributed by atoms with Crippen LogP contribution < -0.4 is 10.6 Å². The van der Waals surface area contributed by atoms with E-state index >= 15 is 0 Å². The molecule has 1 aliphatic heterocycles. The number of H-pyrrole nitrogens is 1. The highest BCUT2D eigenvalue weighted by molar-refractivity contribution is 5.94. The summed E-state index contributed by atoms with van der Waals surface area (Å²) in [5.41, 5.74) is 3.10. The molecule has 1 amide bonds. The predicted octanol–water partition coefficient (Wildman–Crippen LogP) is 1.34. The van der Waals surface area contributed by atoms with Gasteiger partial charge in [-0.3, -0.25) is 14.7 Å². The van der Waals surface area contributed by atoms with Crippen LogP contribution >= 0.6 is 0 Å². The molecule has 0 aliphatic carbocycles. The van der Waals surface area contributed by atoms with Crippen LogP contribution in [-0.2, 0) is 22.5 Å². The molecule has 3 N–H and O–H groups in total. The van der Waals surface area contributed by atoms with E-state index in [0.717, 1.165) is 29.8 Å². The van der Waals surface area contributed by atoms with Gasteiger partial charge in [-0.05, 0) is 12.5 Å². The van der Waals surface area contributed by atoms with Crippen LogP contribution in [-0.4, -0.2) is 35.7 Å². The van der Waals surface area contributed by atoms with Crippen molar-refractivity contribution < 1.29 is 14.3 Å². The first-order chi connectivity index (χ1) is 12.1. The standard InChI is InChI=1S/C18H22N4O3/c1-11(18(24)25-2)15(12-6-4-3-5-7-12)20-17(23)16-13-10-19-9-8-14(13)21-22-16/h3-7,11,15,19H,8-10H2,1-2H3,(H,20,23)(H,21,22). The van der Waals surface area contributed by atoms with Gasteiger partial charge in [-0.15, -0.1) is 0 Å². The SMILES string of the molecule is COC(=O)C(C)C(NC(=O)c1n[nH]c2c1CNCC2)c1ccccc1. The highest BCUT2D eigenvalue weighted by Crippen LogP contribution is 2.24. The number of aromatic nitrogens is 2. The minimum Gasteiger partial charge on any atom is -0.469 e. The fraction of sp³-hybridized carbons (Fsp3) is 0.389. The van der Waals surface area contributed by atoms with E-state index in [0.29, 0.717) is 12.2 Å². The Hall–Kier alpha value is -2.67. The van der Waals surface area contributed by atoms with Crippen LogP contribution in [0.25, 0.3) is 0 Å². The van der Waals surface area contributed by atoms with Crippen molar-refractivity contribution in [2.45, 2.75) is 25.9 Å².